The largest absolute Gasteiger partial charge is 0.324 e. The summed E-state index contributed by atoms with van der Waals surface area (Å²) in [5, 5.41) is 14.0. The molecule has 162 valence electrons. The SMILES string of the molecule is Cc1ccc2c(c1)C(c1ccc(F)cc1)N(C(=O)c1cc([N+](=O)[O-])ccc1Cl)CC(=O)N2. The second kappa shape index (κ2) is 8.39. The van der Waals surface area contributed by atoms with Gasteiger partial charge in [-0.3, -0.25) is 19.7 Å². The average molecular weight is 454 g/mol. The van der Waals surface area contributed by atoms with E-state index in [9.17, 15) is 24.1 Å². The number of hydrogen-bond acceptors (Lipinski definition) is 4. The van der Waals surface area contributed by atoms with E-state index in [1.165, 1.54) is 41.3 Å². The Morgan fingerprint density at radius 2 is 1.88 bits per heavy atom. The van der Waals surface area contributed by atoms with E-state index >= 15 is 0 Å². The first-order valence-corrected chi connectivity index (χ1v) is 10.0. The number of benzene rings is 3. The Balaban J connectivity index is 1.91. The van der Waals surface area contributed by atoms with Crippen LogP contribution in [0.3, 0.4) is 0 Å². The van der Waals surface area contributed by atoms with Crippen LogP contribution in [0.1, 0.15) is 33.1 Å². The molecule has 32 heavy (non-hydrogen) atoms. The lowest BCUT2D eigenvalue weighted by Crippen LogP contribution is -2.39. The van der Waals surface area contributed by atoms with Crippen molar-refractivity contribution in [3.8, 4) is 0 Å². The first-order chi connectivity index (χ1) is 15.2. The number of aryl methyl sites for hydroxylation is 1. The smallest absolute Gasteiger partial charge is 0.270 e. The zero-order valence-corrected chi connectivity index (χ0v) is 17.6. The van der Waals surface area contributed by atoms with Crippen molar-refractivity contribution in [1.29, 1.82) is 0 Å². The Kier molecular flexibility index (Phi) is 5.63. The molecule has 0 saturated carbocycles. The molecule has 1 aliphatic heterocycles. The molecule has 3 aromatic carbocycles. The van der Waals surface area contributed by atoms with E-state index in [0.717, 1.165) is 11.6 Å². The van der Waals surface area contributed by atoms with Crippen molar-refractivity contribution < 1.29 is 18.9 Å². The number of nitro benzene ring substituents is 1. The van der Waals surface area contributed by atoms with Crippen molar-refractivity contribution in [3.05, 3.63) is 104 Å². The Labute approximate surface area is 187 Å². The number of nitrogens with one attached hydrogen (secondary N) is 1. The number of amides is 2. The van der Waals surface area contributed by atoms with Crippen LogP contribution in [0, 0.1) is 22.9 Å². The molecule has 0 saturated heterocycles. The quantitative estimate of drug-likeness (QED) is 0.452. The predicted molar refractivity (Wildman–Crippen MR) is 117 cm³/mol. The number of nitro groups is 1. The third kappa shape index (κ3) is 4.04. The number of rotatable bonds is 3. The van der Waals surface area contributed by atoms with Gasteiger partial charge in [0.1, 0.15) is 12.4 Å². The number of carbonyl (C=O) groups excluding carboxylic acids is 2. The van der Waals surface area contributed by atoms with Gasteiger partial charge in [-0.2, -0.15) is 0 Å². The molecular formula is C23H17ClFN3O4. The minimum absolute atomic E-state index is 0.0209. The molecule has 4 rings (SSSR count). The van der Waals surface area contributed by atoms with Crippen molar-refractivity contribution in [1.82, 2.24) is 4.90 Å². The summed E-state index contributed by atoms with van der Waals surface area (Å²) in [5.41, 5.74) is 2.23. The Hall–Kier alpha value is -3.78. The highest BCUT2D eigenvalue weighted by molar-refractivity contribution is 6.34. The Morgan fingerprint density at radius 3 is 2.56 bits per heavy atom. The summed E-state index contributed by atoms with van der Waals surface area (Å²) in [6.45, 7) is 1.55. The zero-order valence-electron chi connectivity index (χ0n) is 16.8. The molecule has 0 radical (unpaired) electrons. The minimum atomic E-state index is -0.757. The highest BCUT2D eigenvalue weighted by Gasteiger charge is 2.35. The molecule has 1 heterocycles. The van der Waals surface area contributed by atoms with Gasteiger partial charge in [-0.1, -0.05) is 41.4 Å². The Morgan fingerprint density at radius 1 is 1.16 bits per heavy atom. The van der Waals surface area contributed by atoms with Crippen molar-refractivity contribution in [2.45, 2.75) is 13.0 Å². The van der Waals surface area contributed by atoms with Gasteiger partial charge in [0.05, 0.1) is 21.6 Å². The normalized spacial score (nSPS) is 15.5. The minimum Gasteiger partial charge on any atom is -0.324 e. The lowest BCUT2D eigenvalue weighted by atomic mass is 9.94. The van der Waals surface area contributed by atoms with Crippen LogP contribution in [0.5, 0.6) is 0 Å². The molecule has 1 aliphatic rings. The topological polar surface area (TPSA) is 92.6 Å². The van der Waals surface area contributed by atoms with Crippen LogP contribution < -0.4 is 5.32 Å². The molecule has 0 fully saturated rings. The number of anilines is 1. The van der Waals surface area contributed by atoms with Crippen LogP contribution >= 0.6 is 11.6 Å². The fourth-order valence-corrected chi connectivity index (χ4v) is 3.96. The fraction of sp³-hybridized carbons (Fsp3) is 0.130. The summed E-state index contributed by atoms with van der Waals surface area (Å²) < 4.78 is 13.6. The van der Waals surface area contributed by atoms with Gasteiger partial charge in [0.2, 0.25) is 5.91 Å². The van der Waals surface area contributed by atoms with Crippen LogP contribution in [0.2, 0.25) is 5.02 Å². The van der Waals surface area contributed by atoms with E-state index < -0.39 is 28.6 Å². The number of nitrogens with zero attached hydrogens (tertiary/aromatic N) is 2. The number of non-ortho nitro benzene ring substituents is 1. The molecule has 7 nitrogen and oxygen atoms in total. The first-order valence-electron chi connectivity index (χ1n) is 9.65. The number of carbonyl (C=O) groups is 2. The van der Waals surface area contributed by atoms with Crippen molar-refractivity contribution in [2.24, 2.45) is 0 Å². The van der Waals surface area contributed by atoms with Crippen molar-refractivity contribution >= 4 is 34.8 Å². The number of halogens is 2. The van der Waals surface area contributed by atoms with Gasteiger partial charge >= 0.3 is 0 Å². The summed E-state index contributed by atoms with van der Waals surface area (Å²) in [6.07, 6.45) is 0. The van der Waals surface area contributed by atoms with Crippen LogP contribution in [0.25, 0.3) is 0 Å². The van der Waals surface area contributed by atoms with Gasteiger partial charge in [-0.15, -0.1) is 0 Å². The molecule has 1 N–H and O–H groups in total. The van der Waals surface area contributed by atoms with Gasteiger partial charge in [0.15, 0.2) is 0 Å². The van der Waals surface area contributed by atoms with Gasteiger partial charge in [-0.05, 0) is 36.8 Å². The molecule has 0 spiro atoms. The van der Waals surface area contributed by atoms with Crippen LogP contribution in [0.4, 0.5) is 15.8 Å². The molecule has 9 heteroatoms. The summed E-state index contributed by atoms with van der Waals surface area (Å²) in [6, 6.07) is 13.8. The van der Waals surface area contributed by atoms with Gasteiger partial charge < -0.3 is 10.2 Å². The zero-order chi connectivity index (χ0) is 23.0. The molecule has 1 unspecified atom stereocenters. The van der Waals surface area contributed by atoms with Gasteiger partial charge in [0, 0.05) is 23.4 Å². The molecule has 1 atom stereocenters. The number of hydrogen-bond donors (Lipinski definition) is 1. The summed E-state index contributed by atoms with van der Waals surface area (Å²) >= 11 is 6.21. The molecular weight excluding hydrogens is 437 g/mol. The molecule has 3 aromatic rings. The van der Waals surface area contributed by atoms with E-state index in [1.54, 1.807) is 6.07 Å². The second-order valence-electron chi connectivity index (χ2n) is 7.45. The van der Waals surface area contributed by atoms with E-state index in [0.29, 0.717) is 16.8 Å². The standard InChI is InChI=1S/C23H17ClFN3O4/c1-13-2-9-20-18(10-13)22(14-3-5-15(25)6-4-14)27(12-21(29)26-20)23(30)17-11-16(28(31)32)7-8-19(17)24/h2-11,22H,12H2,1H3,(H,26,29). The second-order valence-corrected chi connectivity index (χ2v) is 7.85. The molecule has 2 amide bonds. The van der Waals surface area contributed by atoms with Crippen LogP contribution in [-0.2, 0) is 4.79 Å². The van der Waals surface area contributed by atoms with Gasteiger partial charge in [0.25, 0.3) is 11.6 Å². The monoisotopic (exact) mass is 453 g/mol. The van der Waals surface area contributed by atoms with Crippen molar-refractivity contribution in [2.75, 3.05) is 11.9 Å². The third-order valence-corrected chi connectivity index (χ3v) is 5.57. The summed E-state index contributed by atoms with van der Waals surface area (Å²) in [5.74, 6) is -1.53. The van der Waals surface area contributed by atoms with E-state index in [2.05, 4.69) is 5.32 Å². The maximum atomic E-state index is 13.6. The Bertz CT molecular complexity index is 1250. The van der Waals surface area contributed by atoms with E-state index in [4.69, 9.17) is 11.6 Å². The highest BCUT2D eigenvalue weighted by atomic mass is 35.5. The average Bonchev–Trinajstić information content (AvgIpc) is 2.89. The summed E-state index contributed by atoms with van der Waals surface area (Å²) in [4.78, 5) is 38.2. The van der Waals surface area contributed by atoms with E-state index in [-0.39, 0.29) is 22.8 Å². The molecule has 0 aromatic heterocycles. The molecule has 0 bridgehead atoms. The third-order valence-electron chi connectivity index (χ3n) is 5.24. The van der Waals surface area contributed by atoms with Crippen molar-refractivity contribution in [3.63, 3.8) is 0 Å². The predicted octanol–water partition coefficient (Wildman–Crippen LogP) is 4.88. The number of fused-ring (bicyclic) bond motifs is 1. The lowest BCUT2D eigenvalue weighted by Gasteiger charge is -2.31. The fourth-order valence-electron chi connectivity index (χ4n) is 3.76. The van der Waals surface area contributed by atoms with Crippen LogP contribution in [-0.4, -0.2) is 28.2 Å². The molecule has 0 aliphatic carbocycles. The maximum absolute atomic E-state index is 13.6. The van der Waals surface area contributed by atoms with Gasteiger partial charge in [-0.25, -0.2) is 4.39 Å². The highest BCUT2D eigenvalue weighted by Crippen LogP contribution is 2.38. The summed E-state index contributed by atoms with van der Waals surface area (Å²) in [7, 11) is 0. The first kappa shape index (κ1) is 21.5. The lowest BCUT2D eigenvalue weighted by molar-refractivity contribution is -0.384. The van der Waals surface area contributed by atoms with Crippen LogP contribution in [0.15, 0.2) is 60.7 Å². The van der Waals surface area contributed by atoms with E-state index in [1.807, 2.05) is 19.1 Å². The maximum Gasteiger partial charge on any atom is 0.270 e.